The predicted octanol–water partition coefficient (Wildman–Crippen LogP) is 7.17. The summed E-state index contributed by atoms with van der Waals surface area (Å²) in [5.74, 6) is 1.03. The maximum atomic E-state index is 6.80. The number of rotatable bonds is 7. The van der Waals surface area contributed by atoms with Gasteiger partial charge in [-0.15, -0.1) is 16.4 Å². The number of para-hydroxylation sites is 2. The summed E-state index contributed by atoms with van der Waals surface area (Å²) in [7, 11) is 32.7. The first-order valence-electron chi connectivity index (χ1n) is 19.8. The summed E-state index contributed by atoms with van der Waals surface area (Å²) in [6, 6.07) is 57.2. The number of aliphatic imine (C=N–C) groups is 3. The highest BCUT2D eigenvalue weighted by Crippen LogP contribution is 2.38. The molecule has 10 radical (unpaired) electrons. The van der Waals surface area contributed by atoms with Crippen molar-refractivity contribution < 1.29 is 4.42 Å². The van der Waals surface area contributed by atoms with E-state index in [1.54, 1.807) is 7.05 Å². The molecule has 9 heteroatoms. The maximum Gasteiger partial charge on any atom is 0.161 e. The Balaban J connectivity index is 1.04. The van der Waals surface area contributed by atoms with Crippen molar-refractivity contribution in [1.82, 2.24) is 0 Å². The highest BCUT2D eigenvalue weighted by Gasteiger charge is 2.18. The van der Waals surface area contributed by atoms with Gasteiger partial charge in [0.2, 0.25) is 0 Å². The van der Waals surface area contributed by atoms with Crippen molar-refractivity contribution >= 4 is 106 Å². The fraction of sp³-hybridized carbons (Fsp3) is 0.0192. The number of hydrogen-bond acceptors (Lipinski definition) is 2. The summed E-state index contributed by atoms with van der Waals surface area (Å²) < 4.78 is 6.80. The van der Waals surface area contributed by atoms with E-state index in [4.69, 9.17) is 53.6 Å². The third-order valence-corrected chi connectivity index (χ3v) is 11.0. The standard InChI is InChI=1S/C52H32B5N3O/c1-58-52(60-51(37-14-6-3-7-15-37)59-30-31-11-8-16-38(29-31)32-12-4-2-5-13-32)42-20-10-19-41-40-18-9-17-39(49(40)61-50(41)42)35-25-21-33(22-26-35)34-23-27-36(28-24-34)43-44(53)46(55)48(57)47(56)45(43)54/h2-30H,1H3. The molecule has 0 aliphatic heterocycles. The van der Waals surface area contributed by atoms with Crippen LogP contribution in [0.2, 0.25) is 0 Å². The Hall–Kier alpha value is -7.11. The van der Waals surface area contributed by atoms with Gasteiger partial charge in [-0.1, -0.05) is 169 Å². The fourth-order valence-electron chi connectivity index (χ4n) is 7.71. The first-order chi connectivity index (χ1) is 29.8. The first-order valence-corrected chi connectivity index (χ1v) is 19.8. The summed E-state index contributed by atoms with van der Waals surface area (Å²) in [6.07, 6.45) is 1.85. The molecule has 4 nitrogen and oxygen atoms in total. The van der Waals surface area contributed by atoms with E-state index < -0.39 is 0 Å². The van der Waals surface area contributed by atoms with Gasteiger partial charge in [0.15, 0.2) is 11.7 Å². The van der Waals surface area contributed by atoms with Gasteiger partial charge < -0.3 is 4.42 Å². The van der Waals surface area contributed by atoms with Crippen molar-refractivity contribution in [2.24, 2.45) is 15.0 Å². The monoisotopic (exact) mass is 769 g/mol. The van der Waals surface area contributed by atoms with Crippen LogP contribution in [0.25, 0.3) is 66.4 Å². The molecule has 0 aliphatic carbocycles. The third kappa shape index (κ3) is 7.64. The normalized spacial score (nSPS) is 12.1. The second kappa shape index (κ2) is 16.9. The molecule has 9 rings (SSSR count). The van der Waals surface area contributed by atoms with Gasteiger partial charge in [-0.05, 0) is 56.6 Å². The van der Waals surface area contributed by atoms with Gasteiger partial charge in [-0.3, -0.25) is 4.99 Å². The fourth-order valence-corrected chi connectivity index (χ4v) is 7.71. The zero-order valence-electron chi connectivity index (χ0n) is 33.4. The Labute approximate surface area is 362 Å². The van der Waals surface area contributed by atoms with Gasteiger partial charge in [-0.2, -0.15) is 0 Å². The quantitative estimate of drug-likeness (QED) is 0.0965. The molecule has 1 aromatic heterocycles. The minimum atomic E-state index is 0.194. The minimum Gasteiger partial charge on any atom is -0.455 e. The van der Waals surface area contributed by atoms with Gasteiger partial charge in [0.1, 0.15) is 50.4 Å². The van der Waals surface area contributed by atoms with Crippen molar-refractivity contribution in [3.63, 3.8) is 0 Å². The summed E-state index contributed by atoms with van der Waals surface area (Å²) in [4.78, 5) is 14.7. The molecule has 0 spiro atoms. The Morgan fingerprint density at radius 1 is 0.459 bits per heavy atom. The number of nitrogens with zero attached hydrogens (tertiary/aromatic N) is 3. The second-order valence-electron chi connectivity index (χ2n) is 14.7. The topological polar surface area (TPSA) is 50.2 Å². The van der Waals surface area contributed by atoms with E-state index in [0.717, 1.165) is 72.0 Å². The zero-order chi connectivity index (χ0) is 42.0. The predicted molar refractivity (Wildman–Crippen MR) is 262 cm³/mol. The molecule has 1 heterocycles. The Morgan fingerprint density at radius 2 is 0.984 bits per heavy atom. The Kier molecular flexibility index (Phi) is 10.9. The SMILES string of the molecule is [B]c1c([B])c([B])c(-c2ccc(-c3ccc(-c4cccc5c4oc4c(C(N=C(N=Cc6cccc(-c7ccccc7)c6)c6ccccc6)=NC)cccc45)cc3)cc2)c([B])c1[B]. The van der Waals surface area contributed by atoms with Crippen LogP contribution < -0.4 is 27.3 Å². The van der Waals surface area contributed by atoms with E-state index in [-0.39, 0.29) is 16.4 Å². The van der Waals surface area contributed by atoms with E-state index in [9.17, 15) is 0 Å². The highest BCUT2D eigenvalue weighted by molar-refractivity contribution is 6.68. The van der Waals surface area contributed by atoms with Gasteiger partial charge in [0, 0.05) is 35.2 Å². The molecule has 276 valence electrons. The first kappa shape index (κ1) is 39.4. The van der Waals surface area contributed by atoms with Crippen LogP contribution in [0.1, 0.15) is 16.7 Å². The Bertz CT molecular complexity index is 3150. The summed E-state index contributed by atoms with van der Waals surface area (Å²) in [5, 5.41) is 1.96. The second-order valence-corrected chi connectivity index (χ2v) is 14.7. The van der Waals surface area contributed by atoms with Crippen LogP contribution in [-0.2, 0) is 0 Å². The Morgan fingerprint density at radius 3 is 1.64 bits per heavy atom. The molecule has 0 atom stereocenters. The number of benzene rings is 8. The molecule has 0 saturated carbocycles. The molecule has 0 N–H and O–H groups in total. The molecule has 0 fully saturated rings. The van der Waals surface area contributed by atoms with Gasteiger partial charge in [0.25, 0.3) is 0 Å². The van der Waals surface area contributed by atoms with E-state index >= 15 is 0 Å². The van der Waals surface area contributed by atoms with Crippen molar-refractivity contribution in [3.05, 3.63) is 187 Å². The smallest absolute Gasteiger partial charge is 0.161 e. The number of hydrogen-bond donors (Lipinski definition) is 0. The number of amidine groups is 2. The van der Waals surface area contributed by atoms with Crippen LogP contribution >= 0.6 is 0 Å². The van der Waals surface area contributed by atoms with Crippen molar-refractivity contribution in [3.8, 4) is 44.5 Å². The third-order valence-electron chi connectivity index (χ3n) is 11.0. The van der Waals surface area contributed by atoms with Crippen LogP contribution in [0.3, 0.4) is 0 Å². The van der Waals surface area contributed by atoms with Gasteiger partial charge in [-0.25, -0.2) is 9.98 Å². The molecule has 0 saturated heterocycles. The molecule has 9 aromatic rings. The van der Waals surface area contributed by atoms with Crippen molar-refractivity contribution in [2.75, 3.05) is 7.05 Å². The average Bonchev–Trinajstić information content (AvgIpc) is 3.71. The molecule has 0 amide bonds. The van der Waals surface area contributed by atoms with E-state index in [2.05, 4.69) is 77.8 Å². The highest BCUT2D eigenvalue weighted by atomic mass is 16.3. The van der Waals surface area contributed by atoms with Crippen LogP contribution in [0.4, 0.5) is 0 Å². The van der Waals surface area contributed by atoms with Crippen molar-refractivity contribution in [2.45, 2.75) is 0 Å². The van der Waals surface area contributed by atoms with E-state index in [1.165, 1.54) is 0 Å². The molecule has 0 bridgehead atoms. The van der Waals surface area contributed by atoms with Crippen LogP contribution in [0.15, 0.2) is 189 Å². The number of furan rings is 1. The van der Waals surface area contributed by atoms with Crippen LogP contribution in [0, 0.1) is 0 Å². The van der Waals surface area contributed by atoms with Gasteiger partial charge >= 0.3 is 0 Å². The van der Waals surface area contributed by atoms with Crippen LogP contribution in [0.5, 0.6) is 0 Å². The molecular weight excluding hydrogens is 737 g/mol. The van der Waals surface area contributed by atoms with E-state index in [0.29, 0.717) is 33.7 Å². The van der Waals surface area contributed by atoms with E-state index in [1.807, 2.05) is 103 Å². The average molecular weight is 769 g/mol. The molecular formula is C52H32B5N3O. The zero-order valence-corrected chi connectivity index (χ0v) is 33.4. The van der Waals surface area contributed by atoms with Crippen molar-refractivity contribution in [1.29, 1.82) is 0 Å². The molecule has 8 aromatic carbocycles. The molecule has 0 aliphatic rings. The number of fused-ring (bicyclic) bond motifs is 3. The summed E-state index contributed by atoms with van der Waals surface area (Å²) >= 11 is 0. The lowest BCUT2D eigenvalue weighted by atomic mass is 9.59. The van der Waals surface area contributed by atoms with Gasteiger partial charge in [0.05, 0.1) is 5.56 Å². The lowest BCUT2D eigenvalue weighted by molar-refractivity contribution is 0.669. The lowest BCUT2D eigenvalue weighted by Crippen LogP contribution is -2.55. The van der Waals surface area contributed by atoms with Crippen LogP contribution in [-0.4, -0.2) is 64.2 Å². The molecule has 61 heavy (non-hydrogen) atoms. The maximum absolute atomic E-state index is 6.80. The lowest BCUT2D eigenvalue weighted by Gasteiger charge is -2.21. The minimum absolute atomic E-state index is 0.194. The summed E-state index contributed by atoms with van der Waals surface area (Å²) in [5.41, 5.74) is 13.0. The largest absolute Gasteiger partial charge is 0.455 e. The summed E-state index contributed by atoms with van der Waals surface area (Å²) in [6.45, 7) is 0. The molecule has 0 unspecified atom stereocenters.